The van der Waals surface area contributed by atoms with Crippen molar-refractivity contribution in [3.05, 3.63) is 30.3 Å². The second-order valence-corrected chi connectivity index (χ2v) is 2.46. The minimum Gasteiger partial charge on any atom is -0.114 e. The smallest absolute Gasteiger partial charge is 0.105 e. The topological polar surface area (TPSA) is 0 Å². The van der Waals surface area contributed by atoms with E-state index in [1.54, 1.807) is 0 Å². The van der Waals surface area contributed by atoms with Crippen molar-refractivity contribution in [2.45, 2.75) is 13.0 Å². The average molecular weight is 139 g/mol. The predicted octanol–water partition coefficient (Wildman–Crippen LogP) is 0.763. The maximum atomic E-state index is 2.16. The lowest BCUT2D eigenvalue weighted by Gasteiger charge is -1.95. The molecule has 0 nitrogen and oxygen atoms in total. The summed E-state index contributed by atoms with van der Waals surface area (Å²) in [7, 11) is 6.44. The van der Waals surface area contributed by atoms with Gasteiger partial charge in [0, 0.05) is 0 Å². The van der Waals surface area contributed by atoms with Gasteiger partial charge >= 0.3 is 0 Å². The molecule has 0 unspecified atom stereocenters. The molecule has 0 atom stereocenters. The van der Waals surface area contributed by atoms with Gasteiger partial charge in [-0.15, -0.1) is 6.22 Å². The third kappa shape index (κ3) is 3.36. The summed E-state index contributed by atoms with van der Waals surface area (Å²) in [6, 6.07) is 10.3. The van der Waals surface area contributed by atoms with Crippen LogP contribution in [-0.4, -0.2) is 21.6 Å². The molecule has 0 saturated carbocycles. The molecule has 11 heavy (non-hydrogen) atoms. The monoisotopic (exact) mass is 139 g/mol. The zero-order valence-corrected chi connectivity index (χ0v) is 6.83. The summed E-state index contributed by atoms with van der Waals surface area (Å²) in [5, 5.41) is 0. The van der Waals surface area contributed by atoms with Gasteiger partial charge in [-0.2, -0.15) is 0 Å². The molecule has 0 heterocycles. The predicted molar refractivity (Wildman–Crippen MR) is 54.0 cm³/mol. The first-order valence-electron chi connectivity index (χ1n) is 3.93. The van der Waals surface area contributed by atoms with Gasteiger partial charge in [-0.3, -0.25) is 0 Å². The first kappa shape index (κ1) is 8.51. The highest BCUT2D eigenvalue weighted by molar-refractivity contribution is 7.09. The average Bonchev–Trinajstić information content (AvgIpc) is 2.07. The van der Waals surface area contributed by atoms with Crippen LogP contribution < -0.4 is 5.46 Å². The highest BCUT2D eigenvalue weighted by Crippen LogP contribution is 1.81. The molecule has 0 aromatic heterocycles. The Morgan fingerprint density at radius 1 is 1.18 bits per heavy atom. The van der Waals surface area contributed by atoms with E-state index in [1.165, 1.54) is 5.46 Å². The molecule has 0 bridgehead atoms. The van der Waals surface area contributed by atoms with E-state index >= 15 is 0 Å². The van der Waals surface area contributed by atoms with Crippen LogP contribution >= 0.6 is 0 Å². The number of rotatable bonds is 4. The molecular weight excluding hydrogens is 129 g/mol. The molecule has 0 fully saturated rings. The Morgan fingerprint density at radius 2 is 1.91 bits per heavy atom. The van der Waals surface area contributed by atoms with Crippen LogP contribution in [-0.2, 0) is 0 Å². The van der Waals surface area contributed by atoms with E-state index in [9.17, 15) is 0 Å². The fourth-order valence-corrected chi connectivity index (χ4v) is 0.904. The van der Waals surface area contributed by atoms with Gasteiger partial charge in [0.05, 0.1) is 14.4 Å². The van der Waals surface area contributed by atoms with Gasteiger partial charge in [0.25, 0.3) is 0 Å². The van der Waals surface area contributed by atoms with Crippen LogP contribution in [0.1, 0.15) is 0 Å². The maximum Gasteiger partial charge on any atom is 0.105 e. The quantitative estimate of drug-likeness (QED) is 0.426. The Kier molecular flexibility index (Phi) is 3.96. The first-order chi connectivity index (χ1) is 5.43. The Hall–Kier alpha value is -0.585. The van der Waals surface area contributed by atoms with Crippen molar-refractivity contribution < 1.29 is 0 Å². The van der Waals surface area contributed by atoms with Crippen LogP contribution in [0.4, 0.5) is 0 Å². The van der Waals surface area contributed by atoms with Gasteiger partial charge in [-0.25, -0.2) is 0 Å². The molecule has 1 aromatic carbocycles. The molecule has 3 heteroatoms. The van der Waals surface area contributed by atoms with E-state index in [4.69, 9.17) is 0 Å². The van der Waals surface area contributed by atoms with Crippen molar-refractivity contribution in [2.75, 3.05) is 0 Å². The largest absolute Gasteiger partial charge is 0.114 e. The molecular formula is C8H10B3. The second kappa shape index (κ2) is 5.12. The summed E-state index contributed by atoms with van der Waals surface area (Å²) in [6.45, 7) is 2.06. The van der Waals surface area contributed by atoms with Gasteiger partial charge in [-0.1, -0.05) is 42.6 Å². The van der Waals surface area contributed by atoms with E-state index in [0.29, 0.717) is 0 Å². The lowest BCUT2D eigenvalue weighted by molar-refractivity contribution is 1.77. The number of benzene rings is 1. The van der Waals surface area contributed by atoms with Crippen molar-refractivity contribution in [3.8, 4) is 0 Å². The van der Waals surface area contributed by atoms with Gasteiger partial charge in [-0.05, 0) is 0 Å². The van der Waals surface area contributed by atoms with Gasteiger partial charge < -0.3 is 0 Å². The SMILES string of the molecule is C[B]C[B][B]c1ccccc1. The highest BCUT2D eigenvalue weighted by Gasteiger charge is 1.93. The summed E-state index contributed by atoms with van der Waals surface area (Å²) >= 11 is 0. The fraction of sp³-hybridized carbons (Fsp3) is 0.250. The van der Waals surface area contributed by atoms with E-state index in [1.807, 2.05) is 6.07 Å². The fourth-order valence-electron chi connectivity index (χ4n) is 0.904. The van der Waals surface area contributed by atoms with E-state index < -0.39 is 0 Å². The normalized spacial score (nSPS) is 8.82. The minimum atomic E-state index is 1.05. The second-order valence-electron chi connectivity index (χ2n) is 2.46. The summed E-state index contributed by atoms with van der Waals surface area (Å²) in [6.07, 6.45) is 1.05. The van der Waals surface area contributed by atoms with Crippen LogP contribution in [0.2, 0.25) is 13.0 Å². The lowest BCUT2D eigenvalue weighted by Crippen LogP contribution is -2.20. The summed E-state index contributed by atoms with van der Waals surface area (Å²) in [5.41, 5.74) is 1.27. The van der Waals surface area contributed by atoms with Gasteiger partial charge in [0.1, 0.15) is 7.17 Å². The highest BCUT2D eigenvalue weighted by atomic mass is 13.7. The zero-order valence-electron chi connectivity index (χ0n) is 6.83. The van der Waals surface area contributed by atoms with Crippen molar-refractivity contribution in [1.82, 2.24) is 0 Å². The molecule has 0 spiro atoms. The van der Waals surface area contributed by atoms with Crippen molar-refractivity contribution in [2.24, 2.45) is 0 Å². The standard InChI is InChI=1S/C8H10B3/c1-9-7-10-11-8-5-3-2-4-6-8/h2-6H,7H2,1H3. The minimum absolute atomic E-state index is 1.05. The molecule has 1 rings (SSSR count). The van der Waals surface area contributed by atoms with Crippen LogP contribution in [0, 0.1) is 0 Å². The summed E-state index contributed by atoms with van der Waals surface area (Å²) in [5.74, 6) is 0. The molecule has 3 radical (unpaired) electrons. The molecule has 0 N–H and O–H groups in total. The van der Waals surface area contributed by atoms with Crippen LogP contribution in [0.5, 0.6) is 0 Å². The van der Waals surface area contributed by atoms with Crippen molar-refractivity contribution >= 4 is 27.1 Å². The molecule has 0 aliphatic heterocycles. The molecule has 0 aliphatic rings. The van der Waals surface area contributed by atoms with Crippen LogP contribution in [0.25, 0.3) is 0 Å². The van der Waals surface area contributed by atoms with E-state index in [0.717, 1.165) is 6.22 Å². The lowest BCUT2D eigenvalue weighted by atomic mass is 9.31. The molecule has 51 valence electrons. The maximum absolute atomic E-state index is 2.16. The number of hydrogen-bond donors (Lipinski definition) is 0. The molecule has 0 aliphatic carbocycles. The first-order valence-corrected chi connectivity index (χ1v) is 3.93. The van der Waals surface area contributed by atoms with Crippen molar-refractivity contribution in [3.63, 3.8) is 0 Å². The zero-order chi connectivity index (χ0) is 7.94. The van der Waals surface area contributed by atoms with Gasteiger partial charge in [0.15, 0.2) is 0 Å². The molecule has 1 aromatic rings. The van der Waals surface area contributed by atoms with Gasteiger partial charge in [0.2, 0.25) is 0 Å². The number of hydrogen-bond acceptors (Lipinski definition) is 0. The van der Waals surface area contributed by atoms with Crippen LogP contribution in [0.15, 0.2) is 30.3 Å². The molecule has 0 amide bonds. The van der Waals surface area contributed by atoms with E-state index in [-0.39, 0.29) is 0 Å². The third-order valence-electron chi connectivity index (χ3n) is 1.48. The Morgan fingerprint density at radius 3 is 2.55 bits per heavy atom. The Bertz CT molecular complexity index is 186. The Balaban J connectivity index is 2.28. The van der Waals surface area contributed by atoms with Crippen molar-refractivity contribution in [1.29, 1.82) is 0 Å². The van der Waals surface area contributed by atoms with E-state index in [2.05, 4.69) is 52.7 Å². The Labute approximate surface area is 71.1 Å². The summed E-state index contributed by atoms with van der Waals surface area (Å²) < 4.78 is 0. The third-order valence-corrected chi connectivity index (χ3v) is 1.48. The summed E-state index contributed by atoms with van der Waals surface area (Å²) in [4.78, 5) is 0. The molecule has 0 saturated heterocycles. The van der Waals surface area contributed by atoms with Crippen LogP contribution in [0.3, 0.4) is 0 Å².